The van der Waals surface area contributed by atoms with Gasteiger partial charge >= 0.3 is 0 Å². The van der Waals surface area contributed by atoms with Gasteiger partial charge in [-0.2, -0.15) is 12.6 Å². The highest BCUT2D eigenvalue weighted by Crippen LogP contribution is 2.10. The molecule has 0 N–H and O–H groups in total. The van der Waals surface area contributed by atoms with E-state index in [0.717, 1.165) is 4.90 Å². The van der Waals surface area contributed by atoms with Crippen LogP contribution in [0.15, 0.2) is 12.2 Å². The molecule has 0 aromatic rings. The van der Waals surface area contributed by atoms with Crippen molar-refractivity contribution in [3.05, 3.63) is 12.2 Å². The van der Waals surface area contributed by atoms with E-state index in [9.17, 15) is 9.59 Å². The molecule has 0 aromatic heterocycles. The van der Waals surface area contributed by atoms with Gasteiger partial charge in [0, 0.05) is 12.2 Å². The highest BCUT2D eigenvalue weighted by molar-refractivity contribution is 7.80. The first-order chi connectivity index (χ1) is 4.63. The molecule has 0 radical (unpaired) electrons. The van der Waals surface area contributed by atoms with Crippen molar-refractivity contribution in [2.75, 3.05) is 0 Å². The van der Waals surface area contributed by atoms with E-state index in [4.69, 9.17) is 0 Å². The maximum Gasteiger partial charge on any atom is 0.254 e. The zero-order valence-corrected chi connectivity index (χ0v) is 6.34. The molecule has 0 aliphatic carbocycles. The van der Waals surface area contributed by atoms with Crippen LogP contribution in [0.25, 0.3) is 0 Å². The van der Waals surface area contributed by atoms with Gasteiger partial charge in [-0.05, 0) is 6.92 Å². The topological polar surface area (TPSA) is 37.4 Å². The average Bonchev–Trinajstić information content (AvgIpc) is 2.11. The molecular formula is C6H7NO2S. The quantitative estimate of drug-likeness (QED) is 0.435. The Morgan fingerprint density at radius 2 is 1.80 bits per heavy atom. The first-order valence-electron chi connectivity index (χ1n) is 2.86. The summed E-state index contributed by atoms with van der Waals surface area (Å²) in [4.78, 5) is 22.7. The summed E-state index contributed by atoms with van der Waals surface area (Å²) >= 11 is 3.96. The van der Waals surface area contributed by atoms with Gasteiger partial charge in [0.2, 0.25) is 0 Å². The summed E-state index contributed by atoms with van der Waals surface area (Å²) in [6, 6.07) is 0. The SMILES string of the molecule is C[C@H](S)N1C(=O)C=CC1=O. The fraction of sp³-hybridized carbons (Fsp3) is 0.333. The maximum absolute atomic E-state index is 10.8. The van der Waals surface area contributed by atoms with Crippen molar-refractivity contribution in [2.24, 2.45) is 0 Å². The molecule has 0 unspecified atom stereocenters. The molecular weight excluding hydrogens is 150 g/mol. The molecule has 54 valence electrons. The van der Waals surface area contributed by atoms with E-state index in [2.05, 4.69) is 12.6 Å². The Balaban J connectivity index is 2.79. The van der Waals surface area contributed by atoms with E-state index >= 15 is 0 Å². The third-order valence-corrected chi connectivity index (χ3v) is 1.45. The van der Waals surface area contributed by atoms with E-state index in [1.165, 1.54) is 12.2 Å². The Morgan fingerprint density at radius 1 is 1.40 bits per heavy atom. The average molecular weight is 157 g/mol. The number of imide groups is 1. The number of nitrogens with zero attached hydrogens (tertiary/aromatic N) is 1. The molecule has 1 heterocycles. The maximum atomic E-state index is 10.8. The molecule has 0 saturated carbocycles. The standard InChI is InChI=1S/C6H7NO2S/c1-4(10)7-5(8)2-3-6(7)9/h2-4,10H,1H3/t4-/m0/s1. The van der Waals surface area contributed by atoms with E-state index in [-0.39, 0.29) is 17.2 Å². The van der Waals surface area contributed by atoms with Crippen molar-refractivity contribution in [3.8, 4) is 0 Å². The minimum atomic E-state index is -0.338. The fourth-order valence-corrected chi connectivity index (χ4v) is 1.01. The van der Waals surface area contributed by atoms with E-state index < -0.39 is 0 Å². The summed E-state index contributed by atoms with van der Waals surface area (Å²) in [5, 5.41) is -0.338. The second-order valence-electron chi connectivity index (χ2n) is 2.01. The molecule has 1 atom stereocenters. The third-order valence-electron chi connectivity index (χ3n) is 1.22. The van der Waals surface area contributed by atoms with Crippen molar-refractivity contribution in [3.63, 3.8) is 0 Å². The van der Waals surface area contributed by atoms with Gasteiger partial charge in [0.05, 0.1) is 5.37 Å². The van der Waals surface area contributed by atoms with Crippen LogP contribution in [0.5, 0.6) is 0 Å². The number of carbonyl (C=O) groups excluding carboxylic acids is 2. The van der Waals surface area contributed by atoms with E-state index in [0.29, 0.717) is 0 Å². The molecule has 1 aliphatic rings. The van der Waals surface area contributed by atoms with Crippen LogP contribution in [-0.2, 0) is 9.59 Å². The van der Waals surface area contributed by atoms with Crippen LogP contribution in [0, 0.1) is 0 Å². The normalized spacial score (nSPS) is 20.4. The third kappa shape index (κ3) is 1.07. The summed E-state index contributed by atoms with van der Waals surface area (Å²) in [6.07, 6.45) is 2.49. The van der Waals surface area contributed by atoms with Crippen molar-refractivity contribution in [2.45, 2.75) is 12.3 Å². The van der Waals surface area contributed by atoms with Gasteiger partial charge in [-0.25, -0.2) is 0 Å². The molecule has 10 heavy (non-hydrogen) atoms. The molecule has 1 rings (SSSR count). The number of amides is 2. The first-order valence-corrected chi connectivity index (χ1v) is 3.38. The number of hydrogen-bond donors (Lipinski definition) is 1. The number of thiol groups is 1. The largest absolute Gasteiger partial charge is 0.269 e. The zero-order chi connectivity index (χ0) is 7.72. The summed E-state index contributed by atoms with van der Waals surface area (Å²) in [7, 11) is 0. The molecule has 0 fully saturated rings. The predicted molar refractivity (Wildman–Crippen MR) is 39.4 cm³/mol. The molecule has 4 heteroatoms. The summed E-state index contributed by atoms with van der Waals surface area (Å²) in [5.41, 5.74) is 0. The minimum Gasteiger partial charge on any atom is -0.269 e. The smallest absolute Gasteiger partial charge is 0.254 e. The lowest BCUT2D eigenvalue weighted by molar-refractivity contribution is -0.137. The van der Waals surface area contributed by atoms with Gasteiger partial charge in [-0.1, -0.05) is 0 Å². The molecule has 0 saturated heterocycles. The Bertz CT molecular complexity index is 192. The fourth-order valence-electron chi connectivity index (χ4n) is 0.780. The van der Waals surface area contributed by atoms with Gasteiger partial charge in [-0.15, -0.1) is 0 Å². The molecule has 0 spiro atoms. The first kappa shape index (κ1) is 7.34. The van der Waals surface area contributed by atoms with Crippen LogP contribution in [0.2, 0.25) is 0 Å². The lowest BCUT2D eigenvalue weighted by Gasteiger charge is -2.16. The molecule has 0 bridgehead atoms. The van der Waals surface area contributed by atoms with E-state index in [1.807, 2.05) is 0 Å². The van der Waals surface area contributed by atoms with Crippen LogP contribution in [0.3, 0.4) is 0 Å². The lowest BCUT2D eigenvalue weighted by atomic mass is 10.5. The van der Waals surface area contributed by atoms with Crippen LogP contribution < -0.4 is 0 Å². The number of rotatable bonds is 1. The Hall–Kier alpha value is -0.770. The van der Waals surface area contributed by atoms with Crippen LogP contribution in [-0.4, -0.2) is 22.1 Å². The highest BCUT2D eigenvalue weighted by atomic mass is 32.1. The van der Waals surface area contributed by atoms with Crippen LogP contribution in [0.1, 0.15) is 6.92 Å². The van der Waals surface area contributed by atoms with Gasteiger partial charge in [-0.3, -0.25) is 14.5 Å². The van der Waals surface area contributed by atoms with E-state index in [1.54, 1.807) is 6.92 Å². The summed E-state index contributed by atoms with van der Waals surface area (Å²) in [6.45, 7) is 1.67. The van der Waals surface area contributed by atoms with Crippen molar-refractivity contribution >= 4 is 24.4 Å². The molecule has 0 aromatic carbocycles. The molecule has 2 amide bonds. The van der Waals surface area contributed by atoms with Gasteiger partial charge < -0.3 is 0 Å². The van der Waals surface area contributed by atoms with Gasteiger partial charge in [0.25, 0.3) is 11.8 Å². The van der Waals surface area contributed by atoms with Gasteiger partial charge in [0.1, 0.15) is 0 Å². The summed E-state index contributed by atoms with van der Waals surface area (Å²) < 4.78 is 0. The second kappa shape index (κ2) is 2.46. The Kier molecular flexibility index (Phi) is 1.80. The second-order valence-corrected chi connectivity index (χ2v) is 2.76. The highest BCUT2D eigenvalue weighted by Gasteiger charge is 2.25. The molecule has 1 aliphatic heterocycles. The number of hydrogen-bond acceptors (Lipinski definition) is 3. The Morgan fingerprint density at radius 3 is 2.00 bits per heavy atom. The monoisotopic (exact) mass is 157 g/mol. The van der Waals surface area contributed by atoms with Gasteiger partial charge in [0.15, 0.2) is 0 Å². The summed E-state index contributed by atoms with van der Waals surface area (Å²) in [5.74, 6) is -0.569. The molecule has 3 nitrogen and oxygen atoms in total. The van der Waals surface area contributed by atoms with Crippen LogP contribution in [0.4, 0.5) is 0 Å². The lowest BCUT2D eigenvalue weighted by Crippen LogP contribution is -2.34. The minimum absolute atomic E-state index is 0.285. The Labute approximate surface area is 64.1 Å². The van der Waals surface area contributed by atoms with Crippen LogP contribution >= 0.6 is 12.6 Å². The zero-order valence-electron chi connectivity index (χ0n) is 5.44. The number of carbonyl (C=O) groups is 2. The predicted octanol–water partition coefficient (Wildman–Crippen LogP) is 0.187. The van der Waals surface area contributed by atoms with Crippen molar-refractivity contribution in [1.82, 2.24) is 4.90 Å². The van der Waals surface area contributed by atoms with Crippen molar-refractivity contribution < 1.29 is 9.59 Å². The van der Waals surface area contributed by atoms with Crippen molar-refractivity contribution in [1.29, 1.82) is 0 Å².